The topological polar surface area (TPSA) is 124 Å². The third-order valence-electron chi connectivity index (χ3n) is 7.82. The van der Waals surface area contributed by atoms with Gasteiger partial charge in [0.15, 0.2) is 0 Å². The summed E-state index contributed by atoms with van der Waals surface area (Å²) in [5.41, 5.74) is 6.04. The van der Waals surface area contributed by atoms with Crippen LogP contribution in [0, 0.1) is 0 Å². The van der Waals surface area contributed by atoms with Gasteiger partial charge >= 0.3 is 23.9 Å². The van der Waals surface area contributed by atoms with Crippen LogP contribution in [-0.4, -0.2) is 37.5 Å². The summed E-state index contributed by atoms with van der Waals surface area (Å²) < 4.78 is 31.8. The number of carbonyl (C=O) groups excluding carboxylic acids is 4. The summed E-state index contributed by atoms with van der Waals surface area (Å²) in [7, 11) is 0. The number of hydrogen-bond acceptors (Lipinski definition) is 10. The van der Waals surface area contributed by atoms with Crippen molar-refractivity contribution in [2.75, 3.05) is 13.6 Å². The lowest BCUT2D eigenvalue weighted by molar-refractivity contribution is -0.146. The standard InChI is InChI=1S/C42H36O10/c1-26(2)41(45)49-24-47-31-12-6-29(7-13-31)10-20-39(43)51-33-16-18-35-36-19-17-34(23-38(36)28(5)37(35)22-33)52-40(44)21-11-30-8-14-32(15-9-30)48-25-50-42(46)27(3)4/h6-23,28H,1,3,24-25H2,2,4-5H3/b20-10+,21-11+. The van der Waals surface area contributed by atoms with E-state index >= 15 is 0 Å². The monoisotopic (exact) mass is 700 g/mol. The van der Waals surface area contributed by atoms with Crippen LogP contribution < -0.4 is 18.9 Å². The summed E-state index contributed by atoms with van der Waals surface area (Å²) in [4.78, 5) is 48.2. The molecule has 0 saturated heterocycles. The Morgan fingerprint density at radius 3 is 1.31 bits per heavy atom. The molecular formula is C42H36O10. The molecule has 0 fully saturated rings. The molecule has 0 saturated carbocycles. The number of fused-ring (bicyclic) bond motifs is 3. The predicted molar refractivity (Wildman–Crippen MR) is 194 cm³/mol. The predicted octanol–water partition coefficient (Wildman–Crippen LogP) is 7.97. The lowest BCUT2D eigenvalue weighted by Gasteiger charge is -2.09. The summed E-state index contributed by atoms with van der Waals surface area (Å²) in [6.07, 6.45) is 5.91. The minimum Gasteiger partial charge on any atom is -0.457 e. The van der Waals surface area contributed by atoms with Crippen molar-refractivity contribution in [3.05, 3.63) is 144 Å². The van der Waals surface area contributed by atoms with Gasteiger partial charge in [0.1, 0.15) is 23.0 Å². The maximum atomic E-state index is 12.6. The molecule has 10 nitrogen and oxygen atoms in total. The summed E-state index contributed by atoms with van der Waals surface area (Å²) in [5.74, 6) is -0.374. The quantitative estimate of drug-likeness (QED) is 0.0554. The molecule has 4 aromatic carbocycles. The van der Waals surface area contributed by atoms with Crippen molar-refractivity contribution in [3.8, 4) is 34.1 Å². The Balaban J connectivity index is 1.12. The van der Waals surface area contributed by atoms with E-state index in [-0.39, 0.29) is 30.6 Å². The van der Waals surface area contributed by atoms with E-state index in [1.54, 1.807) is 86.7 Å². The molecule has 0 N–H and O–H groups in total. The molecule has 5 rings (SSSR count). The zero-order valence-corrected chi connectivity index (χ0v) is 28.9. The van der Waals surface area contributed by atoms with Gasteiger partial charge in [0.2, 0.25) is 13.6 Å². The van der Waals surface area contributed by atoms with E-state index in [4.69, 9.17) is 28.4 Å². The molecule has 10 heteroatoms. The molecule has 1 aliphatic rings. The first-order valence-electron chi connectivity index (χ1n) is 16.2. The Labute approximate surface area is 301 Å². The maximum Gasteiger partial charge on any atom is 0.336 e. The second-order valence-corrected chi connectivity index (χ2v) is 11.8. The van der Waals surface area contributed by atoms with Crippen molar-refractivity contribution in [3.63, 3.8) is 0 Å². The number of rotatable bonds is 14. The molecule has 0 atom stereocenters. The first-order valence-corrected chi connectivity index (χ1v) is 16.2. The first-order chi connectivity index (χ1) is 25.0. The molecule has 264 valence electrons. The molecule has 0 amide bonds. The highest BCUT2D eigenvalue weighted by atomic mass is 16.7. The number of esters is 4. The van der Waals surface area contributed by atoms with Crippen molar-refractivity contribution in [1.82, 2.24) is 0 Å². The van der Waals surface area contributed by atoms with Crippen molar-refractivity contribution in [2.24, 2.45) is 0 Å². The van der Waals surface area contributed by atoms with Gasteiger partial charge in [-0.2, -0.15) is 0 Å². The van der Waals surface area contributed by atoms with Gasteiger partial charge in [-0.3, -0.25) is 0 Å². The molecule has 0 radical (unpaired) electrons. The second-order valence-electron chi connectivity index (χ2n) is 11.8. The molecule has 52 heavy (non-hydrogen) atoms. The molecule has 0 aromatic heterocycles. The largest absolute Gasteiger partial charge is 0.457 e. The van der Waals surface area contributed by atoms with E-state index in [9.17, 15) is 19.2 Å². The van der Waals surface area contributed by atoms with Crippen LogP contribution in [0.25, 0.3) is 23.3 Å². The SMILES string of the molecule is C=C(C)C(=O)OCOc1ccc(/C=C/C(=O)Oc2ccc3c(c2)C(C)c2cc(OC(=O)/C=C/c4ccc(OCOC(=O)C(=C)C)cc4)ccc2-3)cc1. The third kappa shape index (κ3) is 9.72. The molecule has 4 aromatic rings. The highest BCUT2D eigenvalue weighted by Crippen LogP contribution is 2.47. The van der Waals surface area contributed by atoms with E-state index in [2.05, 4.69) is 13.2 Å². The van der Waals surface area contributed by atoms with Crippen LogP contribution >= 0.6 is 0 Å². The first kappa shape index (κ1) is 36.6. The minimum absolute atomic E-state index is 0.0384. The average molecular weight is 701 g/mol. The van der Waals surface area contributed by atoms with E-state index in [1.807, 2.05) is 31.2 Å². The lowest BCUT2D eigenvalue weighted by Crippen LogP contribution is -2.10. The van der Waals surface area contributed by atoms with Gasteiger partial charge in [-0.25, -0.2) is 19.2 Å². The molecule has 0 heterocycles. The van der Waals surface area contributed by atoms with Crippen molar-refractivity contribution in [1.29, 1.82) is 0 Å². The second kappa shape index (κ2) is 16.8. The normalized spacial score (nSPS) is 11.8. The van der Waals surface area contributed by atoms with E-state index in [0.29, 0.717) is 23.0 Å². The van der Waals surface area contributed by atoms with E-state index in [0.717, 1.165) is 33.4 Å². The molecule has 0 bridgehead atoms. The Morgan fingerprint density at radius 1 is 0.577 bits per heavy atom. The van der Waals surface area contributed by atoms with Gasteiger partial charge in [0.25, 0.3) is 0 Å². The van der Waals surface area contributed by atoms with Crippen LogP contribution in [0.5, 0.6) is 23.0 Å². The highest BCUT2D eigenvalue weighted by Gasteiger charge is 2.27. The van der Waals surface area contributed by atoms with Gasteiger partial charge < -0.3 is 28.4 Å². The smallest absolute Gasteiger partial charge is 0.336 e. The van der Waals surface area contributed by atoms with Crippen LogP contribution in [0.4, 0.5) is 0 Å². The van der Waals surface area contributed by atoms with Crippen LogP contribution in [0.15, 0.2) is 121 Å². The maximum absolute atomic E-state index is 12.6. The fourth-order valence-electron chi connectivity index (χ4n) is 5.11. The summed E-state index contributed by atoms with van der Waals surface area (Å²) >= 11 is 0. The van der Waals surface area contributed by atoms with Gasteiger partial charge in [-0.15, -0.1) is 0 Å². The summed E-state index contributed by atoms with van der Waals surface area (Å²) in [5, 5.41) is 0. The molecule has 0 unspecified atom stereocenters. The summed E-state index contributed by atoms with van der Waals surface area (Å²) in [6, 6.07) is 24.8. The zero-order valence-electron chi connectivity index (χ0n) is 28.9. The number of carbonyl (C=O) groups is 4. The highest BCUT2D eigenvalue weighted by molar-refractivity contribution is 5.90. The van der Waals surface area contributed by atoms with E-state index in [1.165, 1.54) is 12.2 Å². The average Bonchev–Trinajstić information content (AvgIpc) is 3.40. The zero-order chi connectivity index (χ0) is 37.2. The fourth-order valence-corrected chi connectivity index (χ4v) is 5.11. The van der Waals surface area contributed by atoms with Gasteiger partial charge in [0.05, 0.1) is 0 Å². The van der Waals surface area contributed by atoms with Gasteiger partial charge in [-0.1, -0.05) is 56.5 Å². The van der Waals surface area contributed by atoms with Crippen LogP contribution in [0.2, 0.25) is 0 Å². The Hall–Kier alpha value is -6.68. The summed E-state index contributed by atoms with van der Waals surface area (Å²) in [6.45, 7) is 11.7. The fraction of sp³-hybridized carbons (Fsp3) is 0.143. The van der Waals surface area contributed by atoms with Crippen LogP contribution in [-0.2, 0) is 28.7 Å². The molecular weight excluding hydrogens is 664 g/mol. The number of benzene rings is 4. The number of ether oxygens (including phenoxy) is 6. The van der Waals surface area contributed by atoms with Gasteiger partial charge in [-0.05, 0) is 108 Å². The van der Waals surface area contributed by atoms with Crippen LogP contribution in [0.3, 0.4) is 0 Å². The number of hydrogen-bond donors (Lipinski definition) is 0. The van der Waals surface area contributed by atoms with Crippen molar-refractivity contribution < 1.29 is 47.6 Å². The molecule has 0 spiro atoms. The Morgan fingerprint density at radius 2 is 0.942 bits per heavy atom. The van der Waals surface area contributed by atoms with Crippen molar-refractivity contribution in [2.45, 2.75) is 26.7 Å². The minimum atomic E-state index is -0.539. The lowest BCUT2D eigenvalue weighted by atomic mass is 9.99. The van der Waals surface area contributed by atoms with E-state index < -0.39 is 23.9 Å². The van der Waals surface area contributed by atoms with Crippen molar-refractivity contribution >= 4 is 36.0 Å². The molecule has 1 aliphatic carbocycles. The third-order valence-corrected chi connectivity index (χ3v) is 7.82. The Bertz CT molecular complexity index is 1920. The van der Waals surface area contributed by atoms with Gasteiger partial charge in [0, 0.05) is 29.2 Å². The Kier molecular flexibility index (Phi) is 11.8. The molecule has 0 aliphatic heterocycles. The van der Waals surface area contributed by atoms with Crippen LogP contribution in [0.1, 0.15) is 48.9 Å².